The number of ketones is 2. The number of Topliss-reactive ketones (excluding diaryl/α,β-unsaturated/α-hetero) is 2. The monoisotopic (exact) mass is 505 g/mol. The first-order chi connectivity index (χ1) is 17.6. The molecule has 0 radical (unpaired) electrons. The van der Waals surface area contributed by atoms with E-state index >= 15 is 0 Å². The Morgan fingerprint density at radius 2 is 1.35 bits per heavy atom. The van der Waals surface area contributed by atoms with Gasteiger partial charge in [-0.3, -0.25) is 19.2 Å². The van der Waals surface area contributed by atoms with Crippen LogP contribution in [0.5, 0.6) is 0 Å². The molecule has 3 atom stereocenters. The highest BCUT2D eigenvalue weighted by Crippen LogP contribution is 2.57. The third-order valence-electron chi connectivity index (χ3n) is 7.38. The summed E-state index contributed by atoms with van der Waals surface area (Å²) in [6.07, 6.45) is -5.69. The van der Waals surface area contributed by atoms with Gasteiger partial charge >= 0.3 is 6.18 Å². The first-order valence-electron chi connectivity index (χ1n) is 11.5. The number of aryl methyl sites for hydroxylation is 1. The molecule has 1 aliphatic carbocycles. The van der Waals surface area contributed by atoms with E-state index in [4.69, 9.17) is 4.74 Å². The number of benzene rings is 3. The molecule has 2 saturated heterocycles. The van der Waals surface area contributed by atoms with Crippen LogP contribution in [0.2, 0.25) is 0 Å². The lowest BCUT2D eigenvalue weighted by Gasteiger charge is -2.27. The van der Waals surface area contributed by atoms with Gasteiger partial charge in [-0.2, -0.15) is 13.2 Å². The van der Waals surface area contributed by atoms with Crippen molar-refractivity contribution in [2.24, 2.45) is 11.8 Å². The van der Waals surface area contributed by atoms with Crippen LogP contribution in [0.3, 0.4) is 0 Å². The Labute approximate surface area is 208 Å². The maximum atomic E-state index is 13.8. The second kappa shape index (κ2) is 7.69. The van der Waals surface area contributed by atoms with Gasteiger partial charge in [-0.05, 0) is 36.8 Å². The van der Waals surface area contributed by atoms with Crippen molar-refractivity contribution in [2.45, 2.75) is 24.8 Å². The number of halogens is 3. The third-order valence-corrected chi connectivity index (χ3v) is 7.38. The molecule has 2 aliphatic heterocycles. The minimum Gasteiger partial charge on any atom is -0.349 e. The first-order valence-corrected chi connectivity index (χ1v) is 11.5. The van der Waals surface area contributed by atoms with Crippen molar-refractivity contribution in [1.82, 2.24) is 0 Å². The zero-order chi connectivity index (χ0) is 26.3. The average Bonchev–Trinajstić information content (AvgIpc) is 3.44. The maximum absolute atomic E-state index is 13.8. The zero-order valence-corrected chi connectivity index (χ0v) is 19.3. The van der Waals surface area contributed by atoms with Gasteiger partial charge in [0.15, 0.2) is 0 Å². The molecule has 0 N–H and O–H groups in total. The second-order valence-electron chi connectivity index (χ2n) is 9.45. The molecule has 3 aliphatic rings. The van der Waals surface area contributed by atoms with Crippen molar-refractivity contribution in [3.63, 3.8) is 0 Å². The van der Waals surface area contributed by atoms with Crippen molar-refractivity contribution in [3.05, 3.63) is 101 Å². The van der Waals surface area contributed by atoms with E-state index in [1.165, 1.54) is 12.1 Å². The highest BCUT2D eigenvalue weighted by atomic mass is 19.4. The second-order valence-corrected chi connectivity index (χ2v) is 9.45. The lowest BCUT2D eigenvalue weighted by atomic mass is 9.77. The van der Waals surface area contributed by atoms with E-state index in [-0.39, 0.29) is 16.8 Å². The van der Waals surface area contributed by atoms with Crippen LogP contribution in [0.1, 0.15) is 43.5 Å². The molecule has 0 saturated carbocycles. The molecule has 0 aromatic heterocycles. The fourth-order valence-electron chi connectivity index (χ4n) is 5.63. The van der Waals surface area contributed by atoms with Gasteiger partial charge in [-0.15, -0.1) is 0 Å². The van der Waals surface area contributed by atoms with Crippen LogP contribution in [0.4, 0.5) is 18.9 Å². The summed E-state index contributed by atoms with van der Waals surface area (Å²) in [5.41, 5.74) is -1.63. The van der Waals surface area contributed by atoms with Gasteiger partial charge in [-0.25, -0.2) is 4.90 Å². The molecule has 186 valence electrons. The summed E-state index contributed by atoms with van der Waals surface area (Å²) in [5.74, 6) is -5.70. The molecule has 3 aromatic carbocycles. The predicted molar refractivity (Wildman–Crippen MR) is 124 cm³/mol. The number of alkyl halides is 3. The average molecular weight is 505 g/mol. The van der Waals surface area contributed by atoms with E-state index in [0.29, 0.717) is 5.56 Å². The highest BCUT2D eigenvalue weighted by molar-refractivity contribution is 6.37. The standard InChI is InChI=1S/C28H18F3NO5/c1-14-6-8-15(9-7-14)22-20-21(27(37-22)23(33)18-4-2-3-5-19(18)24(27)34)26(36)32(25(20)35)17-12-10-16(11-13-17)28(29,30)31/h2-13,20-22H,1H3/t20-,21-,22-/m1/s1. The third kappa shape index (κ3) is 3.10. The quantitative estimate of drug-likeness (QED) is 0.372. The Bertz CT molecular complexity index is 1460. The number of carbonyl (C=O) groups is 4. The fourth-order valence-corrected chi connectivity index (χ4v) is 5.63. The molecule has 0 bridgehead atoms. The fraction of sp³-hybridized carbons (Fsp3) is 0.214. The predicted octanol–water partition coefficient (Wildman–Crippen LogP) is 4.71. The molecule has 6 rings (SSSR count). The summed E-state index contributed by atoms with van der Waals surface area (Å²) in [5, 5.41) is 0. The van der Waals surface area contributed by atoms with Crippen molar-refractivity contribution in [2.75, 3.05) is 4.90 Å². The lowest BCUT2D eigenvalue weighted by Crippen LogP contribution is -2.51. The van der Waals surface area contributed by atoms with Crippen molar-refractivity contribution in [3.8, 4) is 0 Å². The van der Waals surface area contributed by atoms with E-state index in [1.807, 2.05) is 6.92 Å². The van der Waals surface area contributed by atoms with E-state index in [2.05, 4.69) is 0 Å². The Hall–Kier alpha value is -4.11. The number of anilines is 1. The van der Waals surface area contributed by atoms with Gasteiger partial charge in [0, 0.05) is 11.1 Å². The minimum absolute atomic E-state index is 0.0781. The molecule has 2 heterocycles. The molecule has 0 unspecified atom stereocenters. The highest BCUT2D eigenvalue weighted by Gasteiger charge is 2.74. The van der Waals surface area contributed by atoms with Crippen LogP contribution >= 0.6 is 0 Å². The number of hydrogen-bond acceptors (Lipinski definition) is 5. The smallest absolute Gasteiger partial charge is 0.349 e. The van der Waals surface area contributed by atoms with Gasteiger partial charge in [0.1, 0.15) is 0 Å². The zero-order valence-electron chi connectivity index (χ0n) is 19.3. The summed E-state index contributed by atoms with van der Waals surface area (Å²) >= 11 is 0. The molecule has 3 aromatic rings. The Kier molecular flexibility index (Phi) is 4.84. The van der Waals surface area contributed by atoms with Gasteiger partial charge in [0.2, 0.25) is 29.0 Å². The van der Waals surface area contributed by atoms with Crippen molar-refractivity contribution < 1.29 is 37.1 Å². The number of ether oxygens (including phenoxy) is 1. The van der Waals surface area contributed by atoms with Crippen molar-refractivity contribution in [1.29, 1.82) is 0 Å². The van der Waals surface area contributed by atoms with Crippen LogP contribution in [0.25, 0.3) is 0 Å². The van der Waals surface area contributed by atoms with E-state index < -0.39 is 58.7 Å². The number of hydrogen-bond donors (Lipinski definition) is 0. The molecule has 6 nitrogen and oxygen atoms in total. The molecular formula is C28H18F3NO5. The van der Waals surface area contributed by atoms with Crippen molar-refractivity contribution >= 4 is 29.1 Å². The SMILES string of the molecule is Cc1ccc([C@H]2OC3(C(=O)c4ccccc4C3=O)[C@H]3C(=O)N(c4ccc(C(F)(F)F)cc4)C(=O)[C@@H]23)cc1. The number of carbonyl (C=O) groups excluding carboxylic acids is 4. The maximum Gasteiger partial charge on any atom is 0.416 e. The minimum atomic E-state index is -4.60. The summed E-state index contributed by atoms with van der Waals surface area (Å²) < 4.78 is 45.4. The van der Waals surface area contributed by atoms with Crippen LogP contribution in [0.15, 0.2) is 72.8 Å². The number of imide groups is 1. The molecule has 37 heavy (non-hydrogen) atoms. The van der Waals surface area contributed by atoms with Crippen LogP contribution < -0.4 is 4.90 Å². The van der Waals surface area contributed by atoms with E-state index in [9.17, 15) is 32.3 Å². The molecule has 9 heteroatoms. The van der Waals surface area contributed by atoms with E-state index in [0.717, 1.165) is 34.7 Å². The molecular weight excluding hydrogens is 487 g/mol. The number of nitrogens with zero attached hydrogens (tertiary/aromatic N) is 1. The summed E-state index contributed by atoms with van der Waals surface area (Å²) in [6.45, 7) is 1.86. The summed E-state index contributed by atoms with van der Waals surface area (Å²) in [7, 11) is 0. The van der Waals surface area contributed by atoms with Gasteiger partial charge in [0.05, 0.1) is 29.2 Å². The molecule has 1 spiro atoms. The number of fused-ring (bicyclic) bond motifs is 3. The Morgan fingerprint density at radius 3 is 1.89 bits per heavy atom. The normalized spacial score (nSPS) is 24.2. The summed E-state index contributed by atoms with van der Waals surface area (Å²) in [4.78, 5) is 55.7. The van der Waals surface area contributed by atoms with Crippen LogP contribution in [-0.4, -0.2) is 29.0 Å². The topological polar surface area (TPSA) is 80.8 Å². The van der Waals surface area contributed by atoms with Gasteiger partial charge < -0.3 is 4.74 Å². The van der Waals surface area contributed by atoms with E-state index in [1.54, 1.807) is 36.4 Å². The first kappa shape index (κ1) is 23.3. The Morgan fingerprint density at radius 1 is 0.784 bits per heavy atom. The number of amides is 2. The van der Waals surface area contributed by atoms with Gasteiger partial charge in [-0.1, -0.05) is 54.1 Å². The van der Waals surface area contributed by atoms with Crippen LogP contribution in [0, 0.1) is 18.8 Å². The lowest BCUT2D eigenvalue weighted by molar-refractivity contribution is -0.137. The van der Waals surface area contributed by atoms with Gasteiger partial charge in [0.25, 0.3) is 0 Å². The molecule has 2 fully saturated rings. The number of rotatable bonds is 2. The van der Waals surface area contributed by atoms with Crippen LogP contribution in [-0.2, 0) is 20.5 Å². The Balaban J connectivity index is 1.50. The molecule has 2 amide bonds. The summed E-state index contributed by atoms with van der Waals surface area (Å²) in [6, 6.07) is 16.7. The largest absolute Gasteiger partial charge is 0.416 e.